The van der Waals surface area contributed by atoms with Crippen LogP contribution < -0.4 is 9.47 Å². The Morgan fingerprint density at radius 1 is 1.04 bits per heavy atom. The number of pyridine rings is 2. The first kappa shape index (κ1) is 42.3. The van der Waals surface area contributed by atoms with Crippen LogP contribution in [-0.2, 0) is 41.7 Å². The molecule has 2 aliphatic heterocycles. The maximum Gasteiger partial charge on any atom is 0.452 e. The molecule has 3 aromatic heterocycles. The van der Waals surface area contributed by atoms with Crippen LogP contribution in [0.4, 0.5) is 13.2 Å². The Kier molecular flexibility index (Phi) is 12.5. The third-order valence-corrected chi connectivity index (χ3v) is 12.5. The Morgan fingerprint density at radius 3 is 2.47 bits per heavy atom. The van der Waals surface area contributed by atoms with Crippen molar-refractivity contribution in [3.8, 4) is 11.8 Å². The molecule has 0 bridgehead atoms. The Hall–Kier alpha value is -4.36. The van der Waals surface area contributed by atoms with E-state index in [0.717, 1.165) is 9.96 Å². The minimum atomic E-state index is -4.74. The fourth-order valence-electron chi connectivity index (χ4n) is 7.49. The number of methoxy groups -OCH3 is 1. The summed E-state index contributed by atoms with van der Waals surface area (Å²) in [5, 5.41) is 16.2. The molecule has 2 aliphatic rings. The lowest BCUT2D eigenvalue weighted by molar-refractivity contribution is -0.151. The average molecular weight is 820 g/mol. The van der Waals surface area contributed by atoms with Crippen LogP contribution in [0.2, 0.25) is 0 Å². The Bertz CT molecular complexity index is 2190. The number of halogens is 3. The number of aliphatic hydroxyl groups excluding tert-OH is 1. The number of aliphatic hydroxyl groups is 1. The molecule has 310 valence electrons. The SMILES string of the molecule is COC(=O)C(C)(C)[C@H](c1ccc(C)c(CN2CC3(CCOCC3)Oc3nc(OCCCOCCCO)ccc3S2(=O)=O)c1)c1ccn2c(C(F)(F)F)nnc2c1C. The van der Waals surface area contributed by atoms with Gasteiger partial charge in [-0.2, -0.15) is 22.5 Å². The van der Waals surface area contributed by atoms with Gasteiger partial charge in [0.1, 0.15) is 10.5 Å². The van der Waals surface area contributed by atoms with Crippen LogP contribution in [0.1, 0.15) is 79.1 Å². The first-order chi connectivity index (χ1) is 27.0. The molecule has 57 heavy (non-hydrogen) atoms. The van der Waals surface area contributed by atoms with Crippen LogP contribution in [0.15, 0.2) is 47.5 Å². The maximum absolute atomic E-state index is 14.6. The van der Waals surface area contributed by atoms with Crippen LogP contribution >= 0.6 is 0 Å². The van der Waals surface area contributed by atoms with Gasteiger partial charge < -0.3 is 28.8 Å². The van der Waals surface area contributed by atoms with E-state index in [-0.39, 0.29) is 48.6 Å². The summed E-state index contributed by atoms with van der Waals surface area (Å²) in [6, 6.07) is 9.94. The average Bonchev–Trinajstić information content (AvgIpc) is 3.59. The van der Waals surface area contributed by atoms with Crippen molar-refractivity contribution < 1.29 is 55.2 Å². The van der Waals surface area contributed by atoms with Crippen molar-refractivity contribution in [3.63, 3.8) is 0 Å². The van der Waals surface area contributed by atoms with Crippen LogP contribution in [0.3, 0.4) is 0 Å². The van der Waals surface area contributed by atoms with E-state index in [4.69, 9.17) is 28.8 Å². The molecule has 1 atom stereocenters. The van der Waals surface area contributed by atoms with E-state index in [1.807, 2.05) is 25.1 Å². The van der Waals surface area contributed by atoms with Crippen molar-refractivity contribution in [1.82, 2.24) is 23.9 Å². The van der Waals surface area contributed by atoms with Gasteiger partial charge in [0.05, 0.1) is 38.9 Å². The van der Waals surface area contributed by atoms with E-state index in [1.165, 1.54) is 35.8 Å². The highest BCUT2D eigenvalue weighted by atomic mass is 32.2. The second-order valence-corrected chi connectivity index (χ2v) is 16.9. The summed E-state index contributed by atoms with van der Waals surface area (Å²) in [4.78, 5) is 17.8. The fraction of sp³-hybridized carbons (Fsp3) is 0.538. The van der Waals surface area contributed by atoms with Crippen LogP contribution in [-0.4, -0.2) is 102 Å². The highest BCUT2D eigenvalue weighted by molar-refractivity contribution is 7.89. The minimum Gasteiger partial charge on any atom is -0.477 e. The summed E-state index contributed by atoms with van der Waals surface area (Å²) in [6.07, 6.45) is -1.58. The summed E-state index contributed by atoms with van der Waals surface area (Å²) in [5.41, 5.74) is 0.724. The summed E-state index contributed by atoms with van der Waals surface area (Å²) in [6.45, 7) is 8.70. The molecule has 0 saturated carbocycles. The van der Waals surface area contributed by atoms with Crippen LogP contribution in [0.5, 0.6) is 11.8 Å². The lowest BCUT2D eigenvalue weighted by Gasteiger charge is -2.38. The standard InChI is InChI=1S/C39H48F3N5O9S/c1-25-8-9-27(32(37(3,4)36(49)52-5)29-12-15-47-33(26(29)2)44-45-35(47)39(40,41)42)22-28(25)23-46-24-38(13-20-54-21-14-38)56-34-30(57(46,50)51)10-11-31(43-34)55-19-7-18-53-17-6-16-48/h8-12,15,22,32,48H,6-7,13-14,16-21,23-24H2,1-5H3/t32-/m1/s1. The summed E-state index contributed by atoms with van der Waals surface area (Å²) in [5.74, 6) is -2.35. The molecule has 1 aromatic carbocycles. The number of aryl methyl sites for hydroxylation is 2. The lowest BCUT2D eigenvalue weighted by Crippen LogP contribution is -2.50. The number of fused-ring (bicyclic) bond motifs is 2. The largest absolute Gasteiger partial charge is 0.477 e. The van der Waals surface area contributed by atoms with Gasteiger partial charge >= 0.3 is 12.1 Å². The smallest absolute Gasteiger partial charge is 0.452 e. The van der Waals surface area contributed by atoms with E-state index in [2.05, 4.69) is 15.2 Å². The topological polar surface area (TPSA) is 164 Å². The van der Waals surface area contributed by atoms with Gasteiger partial charge in [0.2, 0.25) is 27.6 Å². The molecular weight excluding hydrogens is 772 g/mol. The molecule has 0 radical (unpaired) electrons. The molecule has 14 nitrogen and oxygen atoms in total. The molecule has 1 N–H and O–H groups in total. The number of nitrogens with zero attached hydrogens (tertiary/aromatic N) is 5. The molecule has 0 aliphatic carbocycles. The van der Waals surface area contributed by atoms with Crippen molar-refractivity contribution >= 4 is 21.6 Å². The van der Waals surface area contributed by atoms with Gasteiger partial charge in [-0.25, -0.2) is 8.42 Å². The number of carbonyl (C=O) groups is 1. The highest BCUT2D eigenvalue weighted by Crippen LogP contribution is 2.45. The molecule has 4 aromatic rings. The number of sulfonamides is 1. The zero-order chi connectivity index (χ0) is 41.2. The quantitative estimate of drug-likeness (QED) is 0.128. The van der Waals surface area contributed by atoms with Gasteiger partial charge in [0.25, 0.3) is 0 Å². The molecule has 5 heterocycles. The number of alkyl halides is 3. The minimum absolute atomic E-state index is 0.00136. The number of hydrogen-bond donors (Lipinski definition) is 1. The Morgan fingerprint density at radius 2 is 1.77 bits per heavy atom. The number of ether oxygens (including phenoxy) is 5. The van der Waals surface area contributed by atoms with E-state index >= 15 is 0 Å². The molecule has 0 amide bonds. The molecule has 6 rings (SSSR count). The summed E-state index contributed by atoms with van der Waals surface area (Å²) < 4.78 is 101. The zero-order valence-corrected chi connectivity index (χ0v) is 33.4. The second-order valence-electron chi connectivity index (χ2n) is 15.0. The van der Waals surface area contributed by atoms with Gasteiger partial charge in [-0.3, -0.25) is 9.20 Å². The molecule has 1 spiro atoms. The first-order valence-electron chi connectivity index (χ1n) is 18.7. The van der Waals surface area contributed by atoms with Crippen molar-refractivity contribution in [1.29, 1.82) is 0 Å². The third-order valence-electron chi connectivity index (χ3n) is 10.6. The van der Waals surface area contributed by atoms with Gasteiger partial charge in [0, 0.05) is 63.8 Å². The Balaban J connectivity index is 1.37. The van der Waals surface area contributed by atoms with Gasteiger partial charge in [0.15, 0.2) is 5.65 Å². The van der Waals surface area contributed by atoms with E-state index in [1.54, 1.807) is 20.8 Å². The van der Waals surface area contributed by atoms with E-state index in [9.17, 15) is 26.4 Å². The fourth-order valence-corrected chi connectivity index (χ4v) is 9.04. The third kappa shape index (κ3) is 8.74. The number of hydrogen-bond acceptors (Lipinski definition) is 12. The van der Waals surface area contributed by atoms with Gasteiger partial charge in [-0.05, 0) is 74.1 Å². The number of aromatic nitrogens is 4. The predicted octanol–water partition coefficient (Wildman–Crippen LogP) is 5.39. The molecule has 18 heteroatoms. The van der Waals surface area contributed by atoms with Crippen LogP contribution in [0.25, 0.3) is 5.65 Å². The monoisotopic (exact) mass is 819 g/mol. The molecule has 1 fully saturated rings. The molecule has 1 saturated heterocycles. The number of rotatable bonds is 14. The Labute approximate surface area is 329 Å². The zero-order valence-electron chi connectivity index (χ0n) is 32.6. The molecular formula is C39H48F3N5O9S. The van der Waals surface area contributed by atoms with Crippen molar-refractivity contribution in [3.05, 3.63) is 76.2 Å². The first-order valence-corrected chi connectivity index (χ1v) is 20.1. The van der Waals surface area contributed by atoms with E-state index in [0.29, 0.717) is 74.4 Å². The van der Waals surface area contributed by atoms with E-state index < -0.39 is 44.9 Å². The number of carbonyl (C=O) groups excluding carboxylic acids is 1. The second kappa shape index (κ2) is 16.9. The molecule has 0 unspecified atom stereocenters. The van der Waals surface area contributed by atoms with Crippen LogP contribution in [0, 0.1) is 19.3 Å². The number of esters is 1. The van der Waals surface area contributed by atoms with Crippen molar-refractivity contribution in [2.45, 2.75) is 82.5 Å². The normalized spacial score (nSPS) is 17.5. The van der Waals surface area contributed by atoms with Gasteiger partial charge in [-0.15, -0.1) is 10.2 Å². The lowest BCUT2D eigenvalue weighted by atomic mass is 9.70. The summed E-state index contributed by atoms with van der Waals surface area (Å²) in [7, 11) is -2.94. The van der Waals surface area contributed by atoms with Crippen molar-refractivity contribution in [2.24, 2.45) is 5.41 Å². The summed E-state index contributed by atoms with van der Waals surface area (Å²) >= 11 is 0. The van der Waals surface area contributed by atoms with Crippen molar-refractivity contribution in [2.75, 3.05) is 53.3 Å². The number of benzene rings is 1. The van der Waals surface area contributed by atoms with Gasteiger partial charge in [-0.1, -0.05) is 18.2 Å². The maximum atomic E-state index is 14.6. The highest BCUT2D eigenvalue weighted by Gasteiger charge is 2.47. The predicted molar refractivity (Wildman–Crippen MR) is 199 cm³/mol.